The lowest BCUT2D eigenvalue weighted by molar-refractivity contribution is -0.118. The Kier molecular flexibility index (Phi) is 8.05. The van der Waals surface area contributed by atoms with Crippen LogP contribution in [0.3, 0.4) is 0 Å². The van der Waals surface area contributed by atoms with Crippen LogP contribution in [0.1, 0.15) is 40.2 Å². The van der Waals surface area contributed by atoms with Crippen LogP contribution in [-0.2, 0) is 4.79 Å². The van der Waals surface area contributed by atoms with Crippen LogP contribution in [0.4, 0.5) is 0 Å². The number of nitrogens with one attached hydrogen (secondary N) is 2. The monoisotopic (exact) mass is 450 g/mol. The Labute approximate surface area is 191 Å². The summed E-state index contributed by atoms with van der Waals surface area (Å²) in [6.07, 6.45) is 2.34. The Morgan fingerprint density at radius 1 is 1.00 bits per heavy atom. The summed E-state index contributed by atoms with van der Waals surface area (Å²) in [6, 6.07) is 17.8. The quantitative estimate of drug-likeness (QED) is 0.459. The van der Waals surface area contributed by atoms with E-state index < -0.39 is 0 Å². The topological polar surface area (TPSA) is 76.7 Å². The van der Waals surface area contributed by atoms with Crippen molar-refractivity contribution in [3.05, 3.63) is 87.7 Å². The maximum atomic E-state index is 13.2. The second-order valence-corrected chi connectivity index (χ2v) is 7.92. The van der Waals surface area contributed by atoms with Crippen molar-refractivity contribution in [2.75, 3.05) is 14.2 Å². The van der Waals surface area contributed by atoms with Crippen LogP contribution in [0.5, 0.6) is 11.5 Å². The first kappa shape index (κ1) is 23.1. The molecule has 166 valence electrons. The lowest BCUT2D eigenvalue weighted by Gasteiger charge is -2.20. The molecule has 0 unspecified atom stereocenters. The summed E-state index contributed by atoms with van der Waals surface area (Å²) in [7, 11) is 3.15. The third-order valence-corrected chi connectivity index (χ3v) is 5.70. The van der Waals surface area contributed by atoms with E-state index >= 15 is 0 Å². The zero-order valence-corrected chi connectivity index (χ0v) is 19.1. The van der Waals surface area contributed by atoms with Crippen molar-refractivity contribution in [3.63, 3.8) is 0 Å². The summed E-state index contributed by atoms with van der Waals surface area (Å²) >= 11 is 1.48. The Morgan fingerprint density at radius 2 is 1.75 bits per heavy atom. The molecular weight excluding hydrogens is 424 g/mol. The van der Waals surface area contributed by atoms with Gasteiger partial charge in [0.05, 0.1) is 20.3 Å². The van der Waals surface area contributed by atoms with Crippen molar-refractivity contribution < 1.29 is 19.1 Å². The van der Waals surface area contributed by atoms with Crippen LogP contribution in [0, 0.1) is 0 Å². The summed E-state index contributed by atoms with van der Waals surface area (Å²) in [4.78, 5) is 26.8. The predicted octanol–water partition coefficient (Wildman–Crippen LogP) is 4.80. The fourth-order valence-electron chi connectivity index (χ4n) is 3.18. The van der Waals surface area contributed by atoms with Gasteiger partial charge in [0.2, 0.25) is 0 Å². The van der Waals surface area contributed by atoms with Crippen molar-refractivity contribution in [2.24, 2.45) is 0 Å². The van der Waals surface area contributed by atoms with E-state index in [0.29, 0.717) is 23.5 Å². The highest BCUT2D eigenvalue weighted by molar-refractivity contribution is 7.10. The second-order valence-electron chi connectivity index (χ2n) is 6.94. The number of benzene rings is 2. The minimum absolute atomic E-state index is 0.181. The van der Waals surface area contributed by atoms with Gasteiger partial charge in [-0.15, -0.1) is 11.3 Å². The second kappa shape index (κ2) is 11.2. The Hall–Kier alpha value is -3.58. The van der Waals surface area contributed by atoms with Crippen molar-refractivity contribution in [1.29, 1.82) is 0 Å². The van der Waals surface area contributed by atoms with E-state index in [1.54, 1.807) is 44.6 Å². The summed E-state index contributed by atoms with van der Waals surface area (Å²) in [5.74, 6) is 0.488. The molecule has 0 saturated carbocycles. The van der Waals surface area contributed by atoms with Crippen LogP contribution < -0.4 is 20.1 Å². The fraction of sp³-hybridized carbons (Fsp3) is 0.200. The first-order valence-corrected chi connectivity index (χ1v) is 11.1. The van der Waals surface area contributed by atoms with Gasteiger partial charge in [-0.25, -0.2) is 0 Å². The first-order chi connectivity index (χ1) is 15.5. The summed E-state index contributed by atoms with van der Waals surface area (Å²) in [5.41, 5.74) is 1.54. The highest BCUT2D eigenvalue weighted by atomic mass is 32.1. The lowest BCUT2D eigenvalue weighted by Crippen LogP contribution is -2.36. The molecule has 2 amide bonds. The van der Waals surface area contributed by atoms with Gasteiger partial charge < -0.3 is 20.1 Å². The van der Waals surface area contributed by atoms with Gasteiger partial charge in [-0.05, 0) is 53.8 Å². The van der Waals surface area contributed by atoms with E-state index in [2.05, 4.69) is 10.6 Å². The SMILES string of the molecule is CC[C@H](NC(=O)/C(=C/c1cccs1)NC(=O)c1ccccc1)c1ccc(OC)c(OC)c1. The molecule has 0 aliphatic rings. The molecule has 1 atom stereocenters. The number of hydrogen-bond donors (Lipinski definition) is 2. The average Bonchev–Trinajstić information content (AvgIpc) is 3.35. The molecule has 6 nitrogen and oxygen atoms in total. The minimum atomic E-state index is -0.371. The summed E-state index contributed by atoms with van der Waals surface area (Å²) in [6.45, 7) is 1.98. The van der Waals surface area contributed by atoms with Crippen molar-refractivity contribution in [2.45, 2.75) is 19.4 Å². The maximum Gasteiger partial charge on any atom is 0.268 e. The van der Waals surface area contributed by atoms with Gasteiger partial charge in [-0.3, -0.25) is 9.59 Å². The Bertz CT molecular complexity index is 1080. The van der Waals surface area contributed by atoms with E-state index in [-0.39, 0.29) is 23.6 Å². The van der Waals surface area contributed by atoms with Crippen LogP contribution in [0.25, 0.3) is 6.08 Å². The molecule has 32 heavy (non-hydrogen) atoms. The molecule has 1 heterocycles. The molecule has 3 aromatic rings. The van der Waals surface area contributed by atoms with E-state index in [0.717, 1.165) is 10.4 Å². The maximum absolute atomic E-state index is 13.2. The fourth-order valence-corrected chi connectivity index (χ4v) is 3.84. The third kappa shape index (κ3) is 5.76. The molecule has 0 fully saturated rings. The van der Waals surface area contributed by atoms with Crippen LogP contribution in [-0.4, -0.2) is 26.0 Å². The molecule has 0 bridgehead atoms. The highest BCUT2D eigenvalue weighted by Crippen LogP contribution is 2.31. The molecule has 0 saturated heterocycles. The zero-order chi connectivity index (χ0) is 22.9. The van der Waals surface area contributed by atoms with Crippen molar-refractivity contribution in [3.8, 4) is 11.5 Å². The van der Waals surface area contributed by atoms with Gasteiger partial charge in [0.25, 0.3) is 11.8 Å². The number of ether oxygens (including phenoxy) is 2. The van der Waals surface area contributed by atoms with Gasteiger partial charge in [-0.1, -0.05) is 37.3 Å². The number of hydrogen-bond acceptors (Lipinski definition) is 5. The number of methoxy groups -OCH3 is 2. The molecule has 7 heteroatoms. The van der Waals surface area contributed by atoms with E-state index in [1.165, 1.54) is 11.3 Å². The molecule has 0 aliphatic carbocycles. The van der Waals surface area contributed by atoms with Crippen molar-refractivity contribution >= 4 is 29.2 Å². The smallest absolute Gasteiger partial charge is 0.268 e. The van der Waals surface area contributed by atoms with Gasteiger partial charge in [0.1, 0.15) is 5.70 Å². The van der Waals surface area contributed by atoms with Crippen molar-refractivity contribution in [1.82, 2.24) is 10.6 Å². The largest absolute Gasteiger partial charge is 0.493 e. The zero-order valence-electron chi connectivity index (χ0n) is 18.3. The van der Waals surface area contributed by atoms with Gasteiger partial charge in [-0.2, -0.15) is 0 Å². The van der Waals surface area contributed by atoms with E-state index in [9.17, 15) is 9.59 Å². The molecule has 2 N–H and O–H groups in total. The van der Waals surface area contributed by atoms with Gasteiger partial charge >= 0.3 is 0 Å². The Morgan fingerprint density at radius 3 is 2.38 bits per heavy atom. The van der Waals surface area contributed by atoms with E-state index in [4.69, 9.17) is 9.47 Å². The third-order valence-electron chi connectivity index (χ3n) is 4.88. The standard InChI is InChI=1S/C25H26N2O4S/c1-4-20(18-12-13-22(30-2)23(15-18)31-3)26-25(29)21(16-19-11-8-14-32-19)27-24(28)17-9-6-5-7-10-17/h5-16,20H,4H2,1-3H3,(H,26,29)(H,27,28)/b21-16-/t20-/m0/s1. The van der Waals surface area contributed by atoms with Crippen LogP contribution in [0.15, 0.2) is 71.7 Å². The molecule has 2 aromatic carbocycles. The average molecular weight is 451 g/mol. The molecule has 0 radical (unpaired) electrons. The predicted molar refractivity (Wildman–Crippen MR) is 127 cm³/mol. The van der Waals surface area contributed by atoms with E-state index in [1.807, 2.05) is 48.7 Å². The summed E-state index contributed by atoms with van der Waals surface area (Å²) in [5, 5.41) is 7.71. The molecule has 1 aromatic heterocycles. The number of rotatable bonds is 9. The normalized spacial score (nSPS) is 12.0. The highest BCUT2D eigenvalue weighted by Gasteiger charge is 2.20. The van der Waals surface area contributed by atoms with Crippen LogP contribution in [0.2, 0.25) is 0 Å². The number of amides is 2. The number of thiophene rings is 1. The lowest BCUT2D eigenvalue weighted by atomic mass is 10.0. The number of carbonyl (C=O) groups is 2. The van der Waals surface area contributed by atoms with Crippen LogP contribution >= 0.6 is 11.3 Å². The van der Waals surface area contributed by atoms with Gasteiger partial charge in [0.15, 0.2) is 11.5 Å². The van der Waals surface area contributed by atoms with Gasteiger partial charge in [0, 0.05) is 10.4 Å². The minimum Gasteiger partial charge on any atom is -0.493 e. The summed E-state index contributed by atoms with van der Waals surface area (Å²) < 4.78 is 10.7. The first-order valence-electron chi connectivity index (χ1n) is 10.2. The molecule has 0 spiro atoms. The Balaban J connectivity index is 1.84. The number of carbonyl (C=O) groups excluding carboxylic acids is 2. The molecule has 0 aliphatic heterocycles. The molecular formula is C25H26N2O4S. The molecule has 3 rings (SSSR count).